The first-order valence-corrected chi connectivity index (χ1v) is 16.6. The third-order valence-corrected chi connectivity index (χ3v) is 9.39. The van der Waals surface area contributed by atoms with E-state index >= 15 is 0 Å². The number of amides is 2. The van der Waals surface area contributed by atoms with Crippen molar-refractivity contribution in [2.75, 3.05) is 17.4 Å². The van der Waals surface area contributed by atoms with Crippen LogP contribution in [0.5, 0.6) is 0 Å². The molecule has 0 saturated heterocycles. The smallest absolute Gasteiger partial charge is 0.264 e. The van der Waals surface area contributed by atoms with E-state index in [0.717, 1.165) is 21.0 Å². The Hall–Kier alpha value is -4.50. The summed E-state index contributed by atoms with van der Waals surface area (Å²) in [5.41, 5.74) is 3.50. The minimum absolute atomic E-state index is 0.0238. The highest BCUT2D eigenvalue weighted by atomic mass is 32.2. The molecular formula is C36H40FN3O4S. The second kappa shape index (κ2) is 15.5. The molecule has 0 radical (unpaired) electrons. The van der Waals surface area contributed by atoms with Crippen molar-refractivity contribution in [2.24, 2.45) is 0 Å². The Balaban J connectivity index is 1.82. The molecule has 45 heavy (non-hydrogen) atoms. The Morgan fingerprint density at radius 1 is 0.822 bits per heavy atom. The number of rotatable bonds is 14. The fraction of sp³-hybridized carbons (Fsp3) is 0.278. The van der Waals surface area contributed by atoms with Gasteiger partial charge in [-0.15, -0.1) is 0 Å². The minimum atomic E-state index is -4.19. The van der Waals surface area contributed by atoms with Crippen LogP contribution in [0.3, 0.4) is 0 Å². The van der Waals surface area contributed by atoms with E-state index in [4.69, 9.17) is 0 Å². The highest BCUT2D eigenvalue weighted by Crippen LogP contribution is 2.28. The van der Waals surface area contributed by atoms with Crippen molar-refractivity contribution in [1.29, 1.82) is 0 Å². The molecule has 0 aliphatic carbocycles. The lowest BCUT2D eigenvalue weighted by Gasteiger charge is -2.34. The molecule has 0 unspecified atom stereocenters. The molecular weight excluding hydrogens is 589 g/mol. The summed E-state index contributed by atoms with van der Waals surface area (Å²) < 4.78 is 43.4. The molecule has 0 spiro atoms. The van der Waals surface area contributed by atoms with Crippen molar-refractivity contribution >= 4 is 27.5 Å². The highest BCUT2D eigenvalue weighted by Gasteiger charge is 2.35. The molecule has 0 fully saturated rings. The molecule has 1 atom stereocenters. The zero-order valence-electron chi connectivity index (χ0n) is 25.9. The van der Waals surface area contributed by atoms with Gasteiger partial charge in [-0.1, -0.05) is 92.2 Å². The van der Waals surface area contributed by atoms with E-state index < -0.39 is 34.3 Å². The van der Waals surface area contributed by atoms with E-state index in [9.17, 15) is 22.4 Å². The second-order valence-electron chi connectivity index (χ2n) is 11.0. The number of benzene rings is 4. The quantitative estimate of drug-likeness (QED) is 0.184. The maximum Gasteiger partial charge on any atom is 0.264 e. The van der Waals surface area contributed by atoms with E-state index in [0.29, 0.717) is 30.6 Å². The van der Waals surface area contributed by atoms with Gasteiger partial charge in [-0.2, -0.15) is 0 Å². The molecule has 1 N–H and O–H groups in total. The number of nitrogens with zero attached hydrogens (tertiary/aromatic N) is 2. The summed E-state index contributed by atoms with van der Waals surface area (Å²) in [4.78, 5) is 29.7. The van der Waals surface area contributed by atoms with Crippen molar-refractivity contribution in [3.63, 3.8) is 0 Å². The molecule has 0 bridgehead atoms. The normalized spacial score (nSPS) is 11.9. The molecule has 4 aromatic carbocycles. The van der Waals surface area contributed by atoms with Gasteiger partial charge in [-0.3, -0.25) is 13.9 Å². The number of para-hydroxylation sites is 1. The van der Waals surface area contributed by atoms with E-state index in [-0.39, 0.29) is 23.8 Å². The third-order valence-electron chi connectivity index (χ3n) is 7.62. The lowest BCUT2D eigenvalue weighted by atomic mass is 10.0. The van der Waals surface area contributed by atoms with Gasteiger partial charge in [0, 0.05) is 19.5 Å². The van der Waals surface area contributed by atoms with Crippen LogP contribution in [0.1, 0.15) is 42.5 Å². The number of carbonyl (C=O) groups is 2. The number of hydrogen-bond donors (Lipinski definition) is 1. The van der Waals surface area contributed by atoms with Crippen molar-refractivity contribution in [1.82, 2.24) is 10.2 Å². The number of nitrogens with one attached hydrogen (secondary N) is 1. The first-order chi connectivity index (χ1) is 21.6. The van der Waals surface area contributed by atoms with E-state index in [1.54, 1.807) is 36.4 Å². The average Bonchev–Trinajstić information content (AvgIpc) is 3.05. The van der Waals surface area contributed by atoms with Crippen LogP contribution in [0.2, 0.25) is 0 Å². The molecule has 4 rings (SSSR count). The lowest BCUT2D eigenvalue weighted by Crippen LogP contribution is -2.53. The number of hydrogen-bond acceptors (Lipinski definition) is 4. The van der Waals surface area contributed by atoms with Crippen LogP contribution in [0, 0.1) is 12.7 Å². The summed E-state index contributed by atoms with van der Waals surface area (Å²) in [6, 6.07) is 27.7. The first kappa shape index (κ1) is 33.4. The van der Waals surface area contributed by atoms with Gasteiger partial charge in [0.25, 0.3) is 10.0 Å². The summed E-state index contributed by atoms with van der Waals surface area (Å²) in [5.74, 6) is -1.34. The summed E-state index contributed by atoms with van der Waals surface area (Å²) in [7, 11) is -4.19. The highest BCUT2D eigenvalue weighted by molar-refractivity contribution is 7.92. The van der Waals surface area contributed by atoms with Gasteiger partial charge in [0.1, 0.15) is 18.4 Å². The Morgan fingerprint density at radius 3 is 2.11 bits per heavy atom. The largest absolute Gasteiger partial charge is 0.354 e. The van der Waals surface area contributed by atoms with Crippen molar-refractivity contribution < 1.29 is 22.4 Å². The zero-order chi connectivity index (χ0) is 32.4. The van der Waals surface area contributed by atoms with Crippen LogP contribution in [-0.4, -0.2) is 44.3 Å². The van der Waals surface area contributed by atoms with Gasteiger partial charge in [0.05, 0.1) is 10.6 Å². The first-order valence-electron chi connectivity index (χ1n) is 15.2. The van der Waals surface area contributed by atoms with E-state index in [1.807, 2.05) is 63.2 Å². The lowest BCUT2D eigenvalue weighted by molar-refractivity contribution is -0.140. The molecule has 0 aromatic heterocycles. The average molecular weight is 630 g/mol. The van der Waals surface area contributed by atoms with Crippen molar-refractivity contribution in [3.05, 3.63) is 131 Å². The number of halogens is 1. The van der Waals surface area contributed by atoms with Crippen molar-refractivity contribution in [2.45, 2.75) is 57.5 Å². The van der Waals surface area contributed by atoms with Crippen LogP contribution in [-0.2, 0) is 39.0 Å². The number of anilines is 1. The Bertz CT molecular complexity index is 1680. The van der Waals surface area contributed by atoms with Crippen LogP contribution < -0.4 is 9.62 Å². The van der Waals surface area contributed by atoms with Crippen LogP contribution in [0.15, 0.2) is 108 Å². The van der Waals surface area contributed by atoms with Gasteiger partial charge >= 0.3 is 0 Å². The van der Waals surface area contributed by atoms with Crippen LogP contribution in [0.4, 0.5) is 10.1 Å². The number of aryl methyl sites for hydroxylation is 2. The molecule has 9 heteroatoms. The van der Waals surface area contributed by atoms with Crippen LogP contribution >= 0.6 is 0 Å². The predicted octanol–water partition coefficient (Wildman–Crippen LogP) is 6.06. The van der Waals surface area contributed by atoms with Gasteiger partial charge in [-0.05, 0) is 66.8 Å². The minimum Gasteiger partial charge on any atom is -0.354 e. The molecule has 0 heterocycles. The Kier molecular flexibility index (Phi) is 11.5. The zero-order valence-corrected chi connectivity index (χ0v) is 26.8. The third kappa shape index (κ3) is 8.57. The molecule has 0 saturated carbocycles. The SMILES string of the molecule is CCCNC(=O)[C@@H](Cc1ccccc1)N(Cc1ccc(F)cc1)C(=O)CN(c1ccccc1CC)S(=O)(=O)c1ccc(C)cc1. The summed E-state index contributed by atoms with van der Waals surface area (Å²) >= 11 is 0. The Labute approximate surface area is 265 Å². The maximum absolute atomic E-state index is 14.5. The Morgan fingerprint density at radius 2 is 1.47 bits per heavy atom. The summed E-state index contributed by atoms with van der Waals surface area (Å²) in [6.07, 6.45) is 1.45. The van der Waals surface area contributed by atoms with E-state index in [1.165, 1.54) is 29.2 Å². The summed E-state index contributed by atoms with van der Waals surface area (Å²) in [5, 5.41) is 2.92. The van der Waals surface area contributed by atoms with Crippen molar-refractivity contribution in [3.8, 4) is 0 Å². The molecule has 0 aliphatic heterocycles. The standard InChI is InChI=1S/C36H40FN3O4S/c1-4-23-38-36(42)34(24-28-11-7-6-8-12-28)39(25-29-17-19-31(37)20-18-29)35(41)26-40(33-14-10-9-13-30(33)5-2)45(43,44)32-21-15-27(3)16-22-32/h6-22,34H,4-5,23-26H2,1-3H3,(H,38,42)/t34-/m1/s1. The van der Waals surface area contributed by atoms with Crippen LogP contribution in [0.25, 0.3) is 0 Å². The fourth-order valence-electron chi connectivity index (χ4n) is 5.11. The molecule has 7 nitrogen and oxygen atoms in total. The van der Waals surface area contributed by atoms with Gasteiger partial charge in [0.15, 0.2) is 0 Å². The molecule has 2 amide bonds. The van der Waals surface area contributed by atoms with Gasteiger partial charge in [0.2, 0.25) is 11.8 Å². The molecule has 0 aliphatic rings. The number of sulfonamides is 1. The number of carbonyl (C=O) groups excluding carboxylic acids is 2. The topological polar surface area (TPSA) is 86.8 Å². The monoisotopic (exact) mass is 629 g/mol. The van der Waals surface area contributed by atoms with Gasteiger partial charge < -0.3 is 10.2 Å². The van der Waals surface area contributed by atoms with Gasteiger partial charge in [-0.25, -0.2) is 12.8 Å². The maximum atomic E-state index is 14.5. The predicted molar refractivity (Wildman–Crippen MR) is 176 cm³/mol. The molecule has 4 aromatic rings. The second-order valence-corrected chi connectivity index (χ2v) is 12.8. The molecule has 236 valence electrons. The summed E-state index contributed by atoms with van der Waals surface area (Å²) in [6.45, 7) is 5.58. The fourth-order valence-corrected chi connectivity index (χ4v) is 6.56. The van der Waals surface area contributed by atoms with E-state index in [2.05, 4.69) is 5.32 Å².